The molecule has 144 valence electrons. The average molecular weight is 403 g/mol. The molecule has 0 unspecified atom stereocenters. The Morgan fingerprint density at radius 1 is 1.26 bits per heavy atom. The first-order valence-electron chi connectivity index (χ1n) is 8.06. The number of benzene rings is 1. The van der Waals surface area contributed by atoms with E-state index in [4.69, 9.17) is 26.8 Å². The van der Waals surface area contributed by atoms with E-state index in [-0.39, 0.29) is 35.2 Å². The first-order chi connectivity index (χ1) is 12.8. The van der Waals surface area contributed by atoms with Crippen molar-refractivity contribution in [3.63, 3.8) is 0 Å². The van der Waals surface area contributed by atoms with Crippen molar-refractivity contribution < 1.29 is 27.4 Å². The molecule has 0 radical (unpaired) electrons. The van der Waals surface area contributed by atoms with Gasteiger partial charge in [-0.2, -0.15) is 9.97 Å². The summed E-state index contributed by atoms with van der Waals surface area (Å²) >= 11 is 6.29. The Hall–Kier alpha value is -2.46. The minimum atomic E-state index is -4.91. The molecule has 0 spiro atoms. The predicted octanol–water partition coefficient (Wildman–Crippen LogP) is 3.68. The van der Waals surface area contributed by atoms with Crippen molar-refractivity contribution in [2.45, 2.75) is 18.8 Å². The summed E-state index contributed by atoms with van der Waals surface area (Å²) in [4.78, 5) is 10.1. The van der Waals surface area contributed by atoms with Crippen molar-refractivity contribution >= 4 is 23.4 Å². The van der Waals surface area contributed by atoms with E-state index in [9.17, 15) is 13.2 Å². The number of fused-ring (bicyclic) bond motifs is 7. The van der Waals surface area contributed by atoms with E-state index in [1.807, 2.05) is 4.90 Å². The second-order valence-electron chi connectivity index (χ2n) is 6.03. The van der Waals surface area contributed by atoms with Crippen LogP contribution in [0.4, 0.5) is 24.9 Å². The maximum atomic E-state index is 12.8. The number of nitrogen functional groups attached to an aromatic ring is 1. The lowest BCUT2D eigenvalue weighted by Gasteiger charge is -2.31. The standard InChI is InChI=1S/C16H14ClF3N4O3/c17-9-5-12(27-16(18,19)20)11-4-8(9)10-7-25-3-1-2-24(10)13-6-14(26-11)23-15(21)22-13/h4-6,10H,1-3,7H2,(H2,21,22,23)/t10-/m1/s1. The summed E-state index contributed by atoms with van der Waals surface area (Å²) in [5, 5.41) is 0.0954. The zero-order valence-electron chi connectivity index (χ0n) is 13.8. The summed E-state index contributed by atoms with van der Waals surface area (Å²) in [7, 11) is 0. The Kier molecular flexibility index (Phi) is 4.39. The molecule has 1 atom stereocenters. The normalized spacial score (nSPS) is 19.1. The van der Waals surface area contributed by atoms with Gasteiger partial charge in [0.25, 0.3) is 0 Å². The van der Waals surface area contributed by atoms with Gasteiger partial charge in [0, 0.05) is 30.3 Å². The largest absolute Gasteiger partial charge is 0.573 e. The molecule has 1 aromatic carbocycles. The number of nitrogens with two attached hydrogens (primary N) is 1. The maximum Gasteiger partial charge on any atom is 0.573 e. The van der Waals surface area contributed by atoms with Crippen LogP contribution >= 0.6 is 11.6 Å². The average Bonchev–Trinajstić information content (AvgIpc) is 2.79. The van der Waals surface area contributed by atoms with Gasteiger partial charge in [-0.1, -0.05) is 11.6 Å². The summed E-state index contributed by atoms with van der Waals surface area (Å²) in [6.07, 6.45) is -4.17. The maximum absolute atomic E-state index is 12.8. The highest BCUT2D eigenvalue weighted by Crippen LogP contribution is 2.44. The third-order valence-corrected chi connectivity index (χ3v) is 4.53. The Labute approximate surface area is 156 Å². The lowest BCUT2D eigenvalue weighted by Crippen LogP contribution is -2.31. The van der Waals surface area contributed by atoms with Crippen LogP contribution in [0.2, 0.25) is 5.02 Å². The van der Waals surface area contributed by atoms with Crippen LogP contribution in [0.25, 0.3) is 0 Å². The van der Waals surface area contributed by atoms with Gasteiger partial charge >= 0.3 is 6.36 Å². The molecule has 1 fully saturated rings. The van der Waals surface area contributed by atoms with Crippen molar-refractivity contribution in [1.29, 1.82) is 0 Å². The quantitative estimate of drug-likeness (QED) is 0.779. The fourth-order valence-electron chi connectivity index (χ4n) is 3.14. The van der Waals surface area contributed by atoms with Gasteiger partial charge in [-0.05, 0) is 18.1 Å². The highest BCUT2D eigenvalue weighted by Gasteiger charge is 2.35. The fourth-order valence-corrected chi connectivity index (χ4v) is 3.42. The third kappa shape index (κ3) is 3.67. The van der Waals surface area contributed by atoms with Gasteiger partial charge < -0.3 is 24.8 Å². The van der Waals surface area contributed by atoms with Crippen LogP contribution in [0.1, 0.15) is 18.0 Å². The molecule has 3 heterocycles. The first-order valence-corrected chi connectivity index (χ1v) is 8.44. The molecule has 1 aromatic heterocycles. The SMILES string of the molecule is Nc1nc2cc(n1)N1CCCOC[C@@H]1c1cc(c(OC(F)(F)F)cc1Cl)O2. The molecule has 4 bridgehead atoms. The van der Waals surface area contributed by atoms with Gasteiger partial charge in [-0.25, -0.2) is 0 Å². The highest BCUT2D eigenvalue weighted by molar-refractivity contribution is 6.31. The van der Waals surface area contributed by atoms with Gasteiger partial charge in [-0.3, -0.25) is 0 Å². The van der Waals surface area contributed by atoms with Crippen LogP contribution in [-0.4, -0.2) is 36.1 Å². The molecule has 1 saturated heterocycles. The van der Waals surface area contributed by atoms with Crippen LogP contribution in [0.3, 0.4) is 0 Å². The number of anilines is 2. The third-order valence-electron chi connectivity index (χ3n) is 4.20. The number of aromatic nitrogens is 2. The molecule has 2 N–H and O–H groups in total. The second kappa shape index (κ2) is 6.61. The van der Waals surface area contributed by atoms with E-state index in [2.05, 4.69) is 14.7 Å². The number of alkyl halides is 3. The number of hydrogen-bond acceptors (Lipinski definition) is 7. The number of hydrogen-bond donors (Lipinski definition) is 1. The Morgan fingerprint density at radius 3 is 2.85 bits per heavy atom. The van der Waals surface area contributed by atoms with E-state index in [0.29, 0.717) is 24.5 Å². The van der Waals surface area contributed by atoms with E-state index in [1.54, 1.807) is 0 Å². The Bertz CT molecular complexity index is 881. The lowest BCUT2D eigenvalue weighted by atomic mass is 10.0. The van der Waals surface area contributed by atoms with Crippen molar-refractivity contribution in [2.75, 3.05) is 30.4 Å². The summed E-state index contributed by atoms with van der Waals surface area (Å²) in [5.74, 6) is -0.334. The topological polar surface area (TPSA) is 82.7 Å². The van der Waals surface area contributed by atoms with Crippen LogP contribution in [0.15, 0.2) is 18.2 Å². The zero-order valence-corrected chi connectivity index (χ0v) is 14.5. The highest BCUT2D eigenvalue weighted by atomic mass is 35.5. The van der Waals surface area contributed by atoms with Gasteiger partial charge in [0.05, 0.1) is 12.6 Å². The Balaban J connectivity index is 1.91. The van der Waals surface area contributed by atoms with Crippen LogP contribution in [0.5, 0.6) is 17.4 Å². The van der Waals surface area contributed by atoms with Gasteiger partial charge in [0.1, 0.15) is 5.82 Å². The number of rotatable bonds is 1. The van der Waals surface area contributed by atoms with Crippen molar-refractivity contribution in [3.05, 3.63) is 28.8 Å². The second-order valence-corrected chi connectivity index (χ2v) is 6.44. The number of halogens is 4. The minimum Gasteiger partial charge on any atom is -0.435 e. The van der Waals surface area contributed by atoms with Crippen molar-refractivity contribution in [2.24, 2.45) is 0 Å². The molecular weight excluding hydrogens is 389 g/mol. The smallest absolute Gasteiger partial charge is 0.435 e. The molecule has 2 aromatic rings. The molecule has 27 heavy (non-hydrogen) atoms. The van der Waals surface area contributed by atoms with Crippen LogP contribution in [0, 0.1) is 0 Å². The fraction of sp³-hybridized carbons (Fsp3) is 0.375. The molecule has 7 nitrogen and oxygen atoms in total. The summed E-state index contributed by atoms with van der Waals surface area (Å²) in [6.45, 7) is 1.40. The lowest BCUT2D eigenvalue weighted by molar-refractivity contribution is -0.275. The molecule has 0 aliphatic carbocycles. The van der Waals surface area contributed by atoms with Crippen LogP contribution in [-0.2, 0) is 4.74 Å². The number of ether oxygens (including phenoxy) is 3. The summed E-state index contributed by atoms with van der Waals surface area (Å²) < 4.78 is 53.6. The summed E-state index contributed by atoms with van der Waals surface area (Å²) in [5.41, 5.74) is 6.29. The van der Waals surface area contributed by atoms with Crippen molar-refractivity contribution in [1.82, 2.24) is 9.97 Å². The molecule has 11 heteroatoms. The van der Waals surface area contributed by atoms with Crippen LogP contribution < -0.4 is 20.1 Å². The van der Waals surface area contributed by atoms with E-state index < -0.39 is 12.1 Å². The van der Waals surface area contributed by atoms with Gasteiger partial charge in [0.2, 0.25) is 11.8 Å². The van der Waals surface area contributed by atoms with E-state index in [1.165, 1.54) is 12.1 Å². The first kappa shape index (κ1) is 17.9. The molecule has 0 saturated carbocycles. The number of nitrogens with zero attached hydrogens (tertiary/aromatic N) is 3. The van der Waals surface area contributed by atoms with Crippen molar-refractivity contribution in [3.8, 4) is 17.4 Å². The Morgan fingerprint density at radius 2 is 2.07 bits per heavy atom. The minimum absolute atomic E-state index is 0.00334. The van der Waals surface area contributed by atoms with E-state index in [0.717, 1.165) is 12.5 Å². The molecule has 2 aliphatic rings. The molecule has 2 aliphatic heterocycles. The van der Waals surface area contributed by atoms with Gasteiger partial charge in [-0.15, -0.1) is 13.2 Å². The van der Waals surface area contributed by atoms with Gasteiger partial charge in [0.15, 0.2) is 11.5 Å². The monoisotopic (exact) mass is 402 g/mol. The molecule has 4 rings (SSSR count). The molecule has 0 amide bonds. The zero-order chi connectivity index (χ0) is 19.2. The summed E-state index contributed by atoms with van der Waals surface area (Å²) in [6, 6.07) is 3.61. The predicted molar refractivity (Wildman–Crippen MR) is 90.2 cm³/mol. The molecular formula is C16H14ClF3N4O3. The van der Waals surface area contributed by atoms with E-state index >= 15 is 0 Å².